The van der Waals surface area contributed by atoms with Crippen LogP contribution < -0.4 is 16.0 Å². The zero-order valence-electron chi connectivity index (χ0n) is 10.5. The van der Waals surface area contributed by atoms with Crippen molar-refractivity contribution in [3.8, 4) is 0 Å². The summed E-state index contributed by atoms with van der Waals surface area (Å²) in [6.07, 6.45) is 4.09. The van der Waals surface area contributed by atoms with E-state index in [0.29, 0.717) is 0 Å². The molecule has 1 amide bonds. The molecule has 4 nitrogen and oxygen atoms in total. The fraction of sp³-hybridized carbons (Fsp3) is 0.500. The summed E-state index contributed by atoms with van der Waals surface area (Å²) in [6.45, 7) is 1.72. The fourth-order valence-corrected chi connectivity index (χ4v) is 3.03. The lowest BCUT2D eigenvalue weighted by Crippen LogP contribution is -2.45. The number of nitrogens with two attached hydrogens (primary N) is 1. The molecule has 0 spiro atoms. The number of nitrogen functional groups attached to an aromatic ring is 1. The van der Waals surface area contributed by atoms with E-state index in [9.17, 15) is 4.79 Å². The average molecular weight is 245 g/mol. The van der Waals surface area contributed by atoms with Crippen LogP contribution in [0.2, 0.25) is 0 Å². The fourth-order valence-electron chi connectivity index (χ4n) is 3.03. The van der Waals surface area contributed by atoms with E-state index in [0.717, 1.165) is 50.1 Å². The van der Waals surface area contributed by atoms with Crippen LogP contribution in [0.1, 0.15) is 24.8 Å². The number of rotatable bonds is 1. The van der Waals surface area contributed by atoms with Crippen molar-refractivity contribution in [3.05, 3.63) is 23.8 Å². The van der Waals surface area contributed by atoms with Crippen LogP contribution in [0, 0.1) is 0 Å². The van der Waals surface area contributed by atoms with Crippen LogP contribution in [0.15, 0.2) is 18.2 Å². The number of hydrogen-bond acceptors (Lipinski definition) is 3. The molecule has 1 fully saturated rings. The Morgan fingerprint density at radius 3 is 3.11 bits per heavy atom. The summed E-state index contributed by atoms with van der Waals surface area (Å²) in [7, 11) is 0. The van der Waals surface area contributed by atoms with E-state index in [1.807, 2.05) is 12.1 Å². The molecular weight excluding hydrogens is 226 g/mol. The molecule has 2 heterocycles. The standard InChI is InChI=1S/C14H19N3O/c15-11-4-3-6-12-10(11)7-9-17(12)13-5-1-2-8-16-14(13)18/h3-4,6,13H,1-2,5,7-9,15H2,(H,16,18). The van der Waals surface area contributed by atoms with Gasteiger partial charge in [-0.2, -0.15) is 0 Å². The van der Waals surface area contributed by atoms with Gasteiger partial charge in [0.15, 0.2) is 0 Å². The molecular formula is C14H19N3O. The largest absolute Gasteiger partial charge is 0.398 e. The van der Waals surface area contributed by atoms with Crippen LogP contribution in [-0.2, 0) is 11.2 Å². The Morgan fingerprint density at radius 1 is 1.33 bits per heavy atom. The summed E-state index contributed by atoms with van der Waals surface area (Å²) in [6, 6.07) is 5.98. The smallest absolute Gasteiger partial charge is 0.242 e. The van der Waals surface area contributed by atoms with Gasteiger partial charge in [-0.25, -0.2) is 0 Å². The summed E-state index contributed by atoms with van der Waals surface area (Å²) in [5.41, 5.74) is 9.21. The Labute approximate surface area is 107 Å². The molecule has 96 valence electrons. The number of nitrogens with zero attached hydrogens (tertiary/aromatic N) is 1. The van der Waals surface area contributed by atoms with Crippen LogP contribution in [0.25, 0.3) is 0 Å². The van der Waals surface area contributed by atoms with Crippen molar-refractivity contribution in [3.63, 3.8) is 0 Å². The number of nitrogens with one attached hydrogen (secondary N) is 1. The Kier molecular flexibility index (Phi) is 2.86. The third kappa shape index (κ3) is 1.82. The van der Waals surface area contributed by atoms with Crippen LogP contribution in [0.5, 0.6) is 0 Å². The highest BCUT2D eigenvalue weighted by atomic mass is 16.2. The Hall–Kier alpha value is -1.71. The van der Waals surface area contributed by atoms with Gasteiger partial charge in [0.1, 0.15) is 6.04 Å². The van der Waals surface area contributed by atoms with Crippen molar-refractivity contribution in [2.75, 3.05) is 23.7 Å². The molecule has 0 aliphatic carbocycles. The maximum atomic E-state index is 12.1. The van der Waals surface area contributed by atoms with E-state index in [1.54, 1.807) is 0 Å². The SMILES string of the molecule is Nc1cccc2c1CCN2C1CCCCNC1=O. The van der Waals surface area contributed by atoms with E-state index >= 15 is 0 Å². The first-order chi connectivity index (χ1) is 8.77. The molecule has 0 bridgehead atoms. The van der Waals surface area contributed by atoms with Crippen molar-refractivity contribution >= 4 is 17.3 Å². The van der Waals surface area contributed by atoms with Crippen molar-refractivity contribution in [2.45, 2.75) is 31.7 Å². The average Bonchev–Trinajstić information content (AvgIpc) is 2.68. The van der Waals surface area contributed by atoms with Gasteiger partial charge in [0.25, 0.3) is 0 Å². The Bertz CT molecular complexity index is 472. The molecule has 1 aromatic rings. The number of amides is 1. The summed E-state index contributed by atoms with van der Waals surface area (Å²) >= 11 is 0. The van der Waals surface area contributed by atoms with Crippen molar-refractivity contribution in [1.29, 1.82) is 0 Å². The first kappa shape index (κ1) is 11.4. The summed E-state index contributed by atoms with van der Waals surface area (Å²) in [4.78, 5) is 14.3. The summed E-state index contributed by atoms with van der Waals surface area (Å²) < 4.78 is 0. The van der Waals surface area contributed by atoms with Crippen LogP contribution in [-0.4, -0.2) is 25.0 Å². The van der Waals surface area contributed by atoms with Crippen LogP contribution in [0.3, 0.4) is 0 Å². The van der Waals surface area contributed by atoms with E-state index in [-0.39, 0.29) is 11.9 Å². The van der Waals surface area contributed by atoms with Gasteiger partial charge in [-0.3, -0.25) is 4.79 Å². The molecule has 0 saturated carbocycles. The minimum Gasteiger partial charge on any atom is -0.398 e. The Balaban J connectivity index is 1.91. The second kappa shape index (κ2) is 4.52. The lowest BCUT2D eigenvalue weighted by Gasteiger charge is -2.28. The van der Waals surface area contributed by atoms with Crippen LogP contribution in [0.4, 0.5) is 11.4 Å². The van der Waals surface area contributed by atoms with E-state index in [2.05, 4.69) is 16.3 Å². The molecule has 18 heavy (non-hydrogen) atoms. The topological polar surface area (TPSA) is 58.4 Å². The van der Waals surface area contributed by atoms with Gasteiger partial charge in [-0.05, 0) is 37.8 Å². The maximum Gasteiger partial charge on any atom is 0.242 e. The summed E-state index contributed by atoms with van der Waals surface area (Å²) in [5.74, 6) is 0.169. The lowest BCUT2D eigenvalue weighted by atomic mass is 10.1. The predicted octanol–water partition coefficient (Wildman–Crippen LogP) is 1.30. The monoisotopic (exact) mass is 245 g/mol. The molecule has 1 aromatic carbocycles. The van der Waals surface area contributed by atoms with Crippen LogP contribution >= 0.6 is 0 Å². The van der Waals surface area contributed by atoms with Crippen molar-refractivity contribution < 1.29 is 4.79 Å². The quantitative estimate of drug-likeness (QED) is 0.733. The second-order valence-electron chi connectivity index (χ2n) is 5.09. The molecule has 3 rings (SSSR count). The highest BCUT2D eigenvalue weighted by Crippen LogP contribution is 2.34. The third-order valence-electron chi connectivity index (χ3n) is 3.98. The van der Waals surface area contributed by atoms with Gasteiger partial charge in [0.05, 0.1) is 0 Å². The number of anilines is 2. The number of carbonyl (C=O) groups is 1. The Morgan fingerprint density at radius 2 is 2.22 bits per heavy atom. The maximum absolute atomic E-state index is 12.1. The molecule has 3 N–H and O–H groups in total. The highest BCUT2D eigenvalue weighted by molar-refractivity contribution is 5.87. The molecule has 2 aliphatic rings. The predicted molar refractivity (Wildman–Crippen MR) is 72.6 cm³/mol. The van der Waals surface area contributed by atoms with E-state index < -0.39 is 0 Å². The number of carbonyl (C=O) groups excluding carboxylic acids is 1. The molecule has 0 aromatic heterocycles. The van der Waals surface area contributed by atoms with E-state index in [1.165, 1.54) is 5.56 Å². The van der Waals surface area contributed by atoms with E-state index in [4.69, 9.17) is 5.73 Å². The highest BCUT2D eigenvalue weighted by Gasteiger charge is 2.32. The first-order valence-corrected chi connectivity index (χ1v) is 6.69. The number of fused-ring (bicyclic) bond motifs is 1. The molecule has 0 radical (unpaired) electrons. The zero-order valence-corrected chi connectivity index (χ0v) is 10.5. The van der Waals surface area contributed by atoms with Gasteiger partial charge in [-0.15, -0.1) is 0 Å². The first-order valence-electron chi connectivity index (χ1n) is 6.69. The normalized spacial score (nSPS) is 23.4. The number of benzene rings is 1. The van der Waals surface area contributed by atoms with Crippen molar-refractivity contribution in [2.24, 2.45) is 0 Å². The van der Waals surface area contributed by atoms with Gasteiger partial charge in [0.2, 0.25) is 5.91 Å². The molecule has 1 unspecified atom stereocenters. The molecule has 1 atom stereocenters. The van der Waals surface area contributed by atoms with Gasteiger partial charge >= 0.3 is 0 Å². The lowest BCUT2D eigenvalue weighted by molar-refractivity contribution is -0.122. The summed E-state index contributed by atoms with van der Waals surface area (Å²) in [5, 5.41) is 3.01. The molecule has 4 heteroatoms. The second-order valence-corrected chi connectivity index (χ2v) is 5.09. The van der Waals surface area contributed by atoms with Gasteiger partial charge in [-0.1, -0.05) is 6.07 Å². The minimum atomic E-state index is -0.0180. The van der Waals surface area contributed by atoms with Gasteiger partial charge in [0, 0.05) is 30.0 Å². The molecule has 1 saturated heterocycles. The minimum absolute atomic E-state index is 0.0180. The number of hydrogen-bond donors (Lipinski definition) is 2. The van der Waals surface area contributed by atoms with Gasteiger partial charge < -0.3 is 16.0 Å². The molecule has 2 aliphatic heterocycles. The zero-order chi connectivity index (χ0) is 12.5. The van der Waals surface area contributed by atoms with Crippen molar-refractivity contribution in [1.82, 2.24) is 5.32 Å². The third-order valence-corrected chi connectivity index (χ3v) is 3.98.